The second-order valence-corrected chi connectivity index (χ2v) is 4.36. The van der Waals surface area contributed by atoms with E-state index in [2.05, 4.69) is 11.0 Å². The van der Waals surface area contributed by atoms with E-state index in [0.29, 0.717) is 0 Å². The first-order valence-corrected chi connectivity index (χ1v) is 5.20. The molecule has 0 amide bonds. The lowest BCUT2D eigenvalue weighted by Crippen LogP contribution is -2.26. The molecule has 0 saturated heterocycles. The molecule has 1 rings (SSSR count). The van der Waals surface area contributed by atoms with Crippen molar-refractivity contribution in [3.63, 3.8) is 0 Å². The van der Waals surface area contributed by atoms with Gasteiger partial charge in [-0.15, -0.1) is 0 Å². The second-order valence-electron chi connectivity index (χ2n) is 4.36. The molecule has 2 heteroatoms. The molecule has 15 heavy (non-hydrogen) atoms. The minimum atomic E-state index is -0.370. The van der Waals surface area contributed by atoms with Crippen molar-refractivity contribution in [2.24, 2.45) is 0 Å². The van der Waals surface area contributed by atoms with Crippen LogP contribution in [0.25, 0.3) is 0 Å². The molecule has 0 fully saturated rings. The van der Waals surface area contributed by atoms with Gasteiger partial charge in [0.05, 0.1) is 11.5 Å². The van der Waals surface area contributed by atoms with Crippen molar-refractivity contribution in [2.75, 3.05) is 20.6 Å². The summed E-state index contributed by atoms with van der Waals surface area (Å²) in [4.78, 5) is 2.11. The zero-order valence-corrected chi connectivity index (χ0v) is 9.70. The number of hydrogen-bond acceptors (Lipinski definition) is 2. The summed E-state index contributed by atoms with van der Waals surface area (Å²) < 4.78 is 0. The van der Waals surface area contributed by atoms with Crippen molar-refractivity contribution in [3.05, 3.63) is 35.9 Å². The van der Waals surface area contributed by atoms with E-state index in [-0.39, 0.29) is 5.41 Å². The predicted octanol–water partition coefficient (Wildman–Crippen LogP) is 2.42. The Bertz CT molecular complexity index is 337. The van der Waals surface area contributed by atoms with E-state index >= 15 is 0 Å². The molecule has 0 aromatic heterocycles. The van der Waals surface area contributed by atoms with Gasteiger partial charge in [0, 0.05) is 0 Å². The van der Waals surface area contributed by atoms with Crippen LogP contribution in [0.4, 0.5) is 0 Å². The van der Waals surface area contributed by atoms with Gasteiger partial charge in [-0.3, -0.25) is 0 Å². The van der Waals surface area contributed by atoms with Crippen LogP contribution in [0.2, 0.25) is 0 Å². The summed E-state index contributed by atoms with van der Waals surface area (Å²) in [5, 5.41) is 9.28. The molecule has 0 spiro atoms. The van der Waals surface area contributed by atoms with Crippen LogP contribution in [0.1, 0.15) is 18.9 Å². The number of benzene rings is 1. The van der Waals surface area contributed by atoms with Crippen LogP contribution < -0.4 is 0 Å². The largest absolute Gasteiger partial charge is 0.309 e. The van der Waals surface area contributed by atoms with Gasteiger partial charge in [0.1, 0.15) is 0 Å². The number of hydrogen-bond donors (Lipinski definition) is 0. The summed E-state index contributed by atoms with van der Waals surface area (Å²) in [5.41, 5.74) is 0.736. The highest BCUT2D eigenvalue weighted by Crippen LogP contribution is 2.26. The third kappa shape index (κ3) is 3.07. The second kappa shape index (κ2) is 4.95. The van der Waals surface area contributed by atoms with Gasteiger partial charge in [0.2, 0.25) is 0 Å². The lowest BCUT2D eigenvalue weighted by atomic mass is 9.81. The summed E-state index contributed by atoms with van der Waals surface area (Å²) in [6.45, 7) is 2.94. The lowest BCUT2D eigenvalue weighted by Gasteiger charge is -2.23. The Balaban J connectivity index is 2.82. The maximum absolute atomic E-state index is 9.28. The van der Waals surface area contributed by atoms with Crippen molar-refractivity contribution in [2.45, 2.75) is 18.8 Å². The average molecular weight is 202 g/mol. The van der Waals surface area contributed by atoms with E-state index in [9.17, 15) is 5.26 Å². The van der Waals surface area contributed by atoms with E-state index < -0.39 is 0 Å². The highest BCUT2D eigenvalue weighted by atomic mass is 15.0. The topological polar surface area (TPSA) is 27.0 Å². The molecule has 0 N–H and O–H groups in total. The molecule has 1 aromatic rings. The monoisotopic (exact) mass is 202 g/mol. The SMILES string of the molecule is CN(C)CC[C@](C)(C#N)c1ccccc1. The molecule has 2 nitrogen and oxygen atoms in total. The van der Waals surface area contributed by atoms with Gasteiger partial charge >= 0.3 is 0 Å². The molecule has 0 heterocycles. The molecule has 80 valence electrons. The zero-order chi connectivity index (χ0) is 11.3. The van der Waals surface area contributed by atoms with Crippen molar-refractivity contribution in [1.82, 2.24) is 4.90 Å². The fourth-order valence-corrected chi connectivity index (χ4v) is 1.52. The van der Waals surface area contributed by atoms with E-state index in [1.807, 2.05) is 51.4 Å². The van der Waals surface area contributed by atoms with Crippen LogP contribution in [-0.4, -0.2) is 25.5 Å². The maximum Gasteiger partial charge on any atom is 0.0806 e. The molecular weight excluding hydrogens is 184 g/mol. The standard InChI is InChI=1S/C13H18N2/c1-13(11-14,9-10-15(2)3)12-7-5-4-6-8-12/h4-8H,9-10H2,1-3H3/t13-/m1/s1. The molecule has 0 bridgehead atoms. The van der Waals surface area contributed by atoms with Gasteiger partial charge < -0.3 is 4.90 Å². The maximum atomic E-state index is 9.28. The molecular formula is C13H18N2. The number of nitriles is 1. The first-order valence-electron chi connectivity index (χ1n) is 5.20. The average Bonchev–Trinajstić information content (AvgIpc) is 2.27. The molecule has 1 aromatic carbocycles. The van der Waals surface area contributed by atoms with Crippen molar-refractivity contribution >= 4 is 0 Å². The smallest absolute Gasteiger partial charge is 0.0806 e. The summed E-state index contributed by atoms with van der Waals surface area (Å²) in [6, 6.07) is 12.4. The van der Waals surface area contributed by atoms with Crippen LogP contribution >= 0.6 is 0 Å². The fraction of sp³-hybridized carbons (Fsp3) is 0.462. The Kier molecular flexibility index (Phi) is 3.88. The van der Waals surface area contributed by atoms with Crippen LogP contribution in [0.5, 0.6) is 0 Å². The number of rotatable bonds is 4. The Morgan fingerprint density at radius 1 is 1.27 bits per heavy atom. The summed E-state index contributed by atoms with van der Waals surface area (Å²) in [5.74, 6) is 0. The minimum Gasteiger partial charge on any atom is -0.309 e. The summed E-state index contributed by atoms with van der Waals surface area (Å²) in [6.07, 6.45) is 0.862. The normalized spacial score (nSPS) is 14.6. The predicted molar refractivity (Wildman–Crippen MR) is 62.6 cm³/mol. The third-order valence-electron chi connectivity index (χ3n) is 2.72. The van der Waals surface area contributed by atoms with Crippen molar-refractivity contribution < 1.29 is 0 Å². The summed E-state index contributed by atoms with van der Waals surface area (Å²) in [7, 11) is 4.06. The first kappa shape index (κ1) is 11.7. The molecule has 0 aliphatic heterocycles. The van der Waals surface area contributed by atoms with Crippen LogP contribution in [-0.2, 0) is 5.41 Å². The van der Waals surface area contributed by atoms with Crippen LogP contribution in [0, 0.1) is 11.3 Å². The molecule has 1 atom stereocenters. The molecule has 0 aliphatic carbocycles. The van der Waals surface area contributed by atoms with E-state index in [4.69, 9.17) is 0 Å². The van der Waals surface area contributed by atoms with E-state index in [1.54, 1.807) is 0 Å². The zero-order valence-electron chi connectivity index (χ0n) is 9.70. The van der Waals surface area contributed by atoms with Gasteiger partial charge in [-0.2, -0.15) is 5.26 Å². The van der Waals surface area contributed by atoms with Gasteiger partial charge in [0.15, 0.2) is 0 Å². The van der Waals surface area contributed by atoms with Crippen LogP contribution in [0.15, 0.2) is 30.3 Å². The van der Waals surface area contributed by atoms with Gasteiger partial charge in [0.25, 0.3) is 0 Å². The molecule has 0 saturated carbocycles. The first-order chi connectivity index (χ1) is 7.08. The van der Waals surface area contributed by atoms with Crippen molar-refractivity contribution in [1.29, 1.82) is 5.26 Å². The van der Waals surface area contributed by atoms with E-state index in [0.717, 1.165) is 18.5 Å². The van der Waals surface area contributed by atoms with Gasteiger partial charge in [-0.1, -0.05) is 30.3 Å². The van der Waals surface area contributed by atoms with E-state index in [1.165, 1.54) is 0 Å². The van der Waals surface area contributed by atoms with Crippen molar-refractivity contribution in [3.8, 4) is 6.07 Å². The van der Waals surface area contributed by atoms with Gasteiger partial charge in [-0.05, 0) is 39.5 Å². The van der Waals surface area contributed by atoms with Gasteiger partial charge in [-0.25, -0.2) is 0 Å². The molecule has 0 radical (unpaired) electrons. The minimum absolute atomic E-state index is 0.370. The Morgan fingerprint density at radius 3 is 2.33 bits per heavy atom. The molecule has 0 aliphatic rings. The highest BCUT2D eigenvalue weighted by molar-refractivity contribution is 5.30. The Hall–Kier alpha value is -1.33. The summed E-state index contributed by atoms with van der Waals surface area (Å²) >= 11 is 0. The third-order valence-corrected chi connectivity index (χ3v) is 2.72. The molecule has 0 unspecified atom stereocenters. The number of nitrogens with zero attached hydrogens (tertiary/aromatic N) is 2. The fourth-order valence-electron chi connectivity index (χ4n) is 1.52. The quantitative estimate of drug-likeness (QED) is 0.749. The Morgan fingerprint density at radius 2 is 1.87 bits per heavy atom. The highest BCUT2D eigenvalue weighted by Gasteiger charge is 2.25. The lowest BCUT2D eigenvalue weighted by molar-refractivity contribution is 0.363. The van der Waals surface area contributed by atoms with Crippen LogP contribution in [0.3, 0.4) is 0 Å². The Labute approximate surface area is 92.1 Å².